The minimum Gasteiger partial charge on any atom is -0.387 e. The quantitative estimate of drug-likeness (QED) is 0.261. The third-order valence-electron chi connectivity index (χ3n) is 1.93. The third kappa shape index (κ3) is 1.23. The fraction of sp³-hybridized carbons (Fsp3) is 0.833. The van der Waals surface area contributed by atoms with E-state index >= 15 is 0 Å². The molecule has 0 spiro atoms. The molecule has 0 radical (unpaired) electrons. The zero-order valence-corrected chi connectivity index (χ0v) is 6.03. The molecule has 1 rings (SSSR count). The van der Waals surface area contributed by atoms with Crippen molar-refractivity contribution in [2.75, 3.05) is 0 Å². The minimum absolute atomic E-state index is 1.08. The van der Waals surface area contributed by atoms with Crippen LogP contribution in [-0.2, 0) is 4.79 Å². The van der Waals surface area contributed by atoms with E-state index in [0.29, 0.717) is 0 Å². The van der Waals surface area contributed by atoms with Crippen LogP contribution in [0.2, 0.25) is 0 Å². The second kappa shape index (κ2) is 3.08. The highest BCUT2D eigenvalue weighted by Gasteiger charge is 2.47. The van der Waals surface area contributed by atoms with Gasteiger partial charge in [0, 0.05) is 0 Å². The molecule has 0 aromatic heterocycles. The van der Waals surface area contributed by atoms with Crippen molar-refractivity contribution in [2.45, 2.75) is 30.5 Å². The number of hydrogen-bond acceptors (Lipinski definition) is 6. The van der Waals surface area contributed by atoms with E-state index in [0.717, 1.165) is 0 Å². The van der Waals surface area contributed by atoms with Gasteiger partial charge >= 0.3 is 0 Å². The van der Waals surface area contributed by atoms with Gasteiger partial charge in [-0.3, -0.25) is 4.79 Å². The molecule has 0 aliphatic heterocycles. The third-order valence-corrected chi connectivity index (χ3v) is 1.93. The summed E-state index contributed by atoms with van der Waals surface area (Å²) >= 11 is 0. The Labute approximate surface area is 67.7 Å². The Morgan fingerprint density at radius 3 is 1.42 bits per heavy atom. The fourth-order valence-electron chi connectivity index (χ4n) is 1.09. The molecule has 5 atom stereocenters. The van der Waals surface area contributed by atoms with Crippen LogP contribution >= 0.6 is 0 Å². The van der Waals surface area contributed by atoms with E-state index in [2.05, 4.69) is 0 Å². The fourth-order valence-corrected chi connectivity index (χ4v) is 1.09. The Hall–Kier alpha value is -0.530. The Kier molecular flexibility index (Phi) is 2.45. The maximum absolute atomic E-state index is 10.8. The second-order valence-corrected chi connectivity index (χ2v) is 2.76. The van der Waals surface area contributed by atoms with Crippen molar-refractivity contribution in [3.63, 3.8) is 0 Å². The summed E-state index contributed by atoms with van der Waals surface area (Å²) < 4.78 is 0. The molecule has 6 heteroatoms. The molecule has 1 fully saturated rings. The van der Waals surface area contributed by atoms with E-state index in [9.17, 15) is 4.79 Å². The standard InChI is InChI=1S/C6H10O6/c7-1-2(8)4(10)6(12)5(11)3(1)9/h1-5,7-11H/t1?,2-,3+,4-,5?/m0/s1. The number of Topliss-reactive ketones (excluding diaryl/α,β-unsaturated/α-hetero) is 1. The predicted octanol–water partition coefficient (Wildman–Crippen LogP) is -3.63. The topological polar surface area (TPSA) is 118 Å². The zero-order valence-electron chi connectivity index (χ0n) is 6.03. The van der Waals surface area contributed by atoms with Crippen LogP contribution in [0, 0.1) is 0 Å². The van der Waals surface area contributed by atoms with Crippen LogP contribution in [0.4, 0.5) is 0 Å². The number of hydrogen-bond donors (Lipinski definition) is 5. The van der Waals surface area contributed by atoms with Gasteiger partial charge in [-0.25, -0.2) is 0 Å². The van der Waals surface area contributed by atoms with Crippen molar-refractivity contribution in [1.82, 2.24) is 0 Å². The van der Waals surface area contributed by atoms with Gasteiger partial charge in [0.25, 0.3) is 0 Å². The van der Waals surface area contributed by atoms with E-state index < -0.39 is 36.3 Å². The predicted molar refractivity (Wildman–Crippen MR) is 35.0 cm³/mol. The van der Waals surface area contributed by atoms with Crippen LogP contribution in [0.5, 0.6) is 0 Å². The Bertz CT molecular complexity index is 174. The SMILES string of the molecule is O=C1C(O)[C@H](O)C(O)[C@H](O)[C@@H]1O. The number of ketones is 1. The van der Waals surface area contributed by atoms with Gasteiger partial charge in [-0.05, 0) is 0 Å². The molecular weight excluding hydrogens is 168 g/mol. The summed E-state index contributed by atoms with van der Waals surface area (Å²) in [4.78, 5) is 10.8. The second-order valence-electron chi connectivity index (χ2n) is 2.76. The molecule has 0 aromatic carbocycles. The highest BCUT2D eigenvalue weighted by molar-refractivity contribution is 5.89. The van der Waals surface area contributed by atoms with Crippen LogP contribution in [0.1, 0.15) is 0 Å². The number of carbonyl (C=O) groups is 1. The lowest BCUT2D eigenvalue weighted by atomic mass is 9.86. The maximum atomic E-state index is 10.8. The minimum atomic E-state index is -1.83. The average molecular weight is 178 g/mol. The van der Waals surface area contributed by atoms with E-state index in [-0.39, 0.29) is 0 Å². The normalized spacial score (nSPS) is 49.4. The molecule has 0 saturated heterocycles. The number of rotatable bonds is 0. The van der Waals surface area contributed by atoms with Gasteiger partial charge in [0.1, 0.15) is 30.5 Å². The summed E-state index contributed by atoms with van der Waals surface area (Å²) in [5.74, 6) is -1.08. The first-order valence-corrected chi connectivity index (χ1v) is 3.41. The first-order chi connectivity index (χ1) is 5.46. The van der Waals surface area contributed by atoms with Crippen molar-refractivity contribution in [1.29, 1.82) is 0 Å². The van der Waals surface area contributed by atoms with Crippen molar-refractivity contribution in [3.05, 3.63) is 0 Å². The van der Waals surface area contributed by atoms with Crippen LogP contribution in [0.15, 0.2) is 0 Å². The van der Waals surface area contributed by atoms with Crippen LogP contribution in [0.3, 0.4) is 0 Å². The molecule has 12 heavy (non-hydrogen) atoms. The van der Waals surface area contributed by atoms with E-state index in [1.54, 1.807) is 0 Å². The Balaban J connectivity index is 2.83. The number of aliphatic hydroxyl groups excluding tert-OH is 5. The molecule has 1 saturated carbocycles. The highest BCUT2D eigenvalue weighted by atomic mass is 16.4. The van der Waals surface area contributed by atoms with Gasteiger partial charge in [0.2, 0.25) is 0 Å². The van der Waals surface area contributed by atoms with Gasteiger partial charge in [-0.15, -0.1) is 0 Å². The molecule has 0 bridgehead atoms. The van der Waals surface area contributed by atoms with E-state index in [1.807, 2.05) is 0 Å². The van der Waals surface area contributed by atoms with Crippen LogP contribution in [-0.4, -0.2) is 61.8 Å². The molecule has 6 nitrogen and oxygen atoms in total. The van der Waals surface area contributed by atoms with E-state index in [1.165, 1.54) is 0 Å². The molecule has 0 heterocycles. The molecular formula is C6H10O6. The largest absolute Gasteiger partial charge is 0.387 e. The first-order valence-electron chi connectivity index (χ1n) is 3.41. The lowest BCUT2D eigenvalue weighted by Gasteiger charge is -2.34. The molecule has 1 aliphatic carbocycles. The number of carbonyl (C=O) groups excluding carboxylic acids is 1. The summed E-state index contributed by atoms with van der Waals surface area (Å²) in [6.45, 7) is 0. The highest BCUT2D eigenvalue weighted by Crippen LogP contribution is 2.17. The zero-order chi connectivity index (χ0) is 9.46. The lowest BCUT2D eigenvalue weighted by molar-refractivity contribution is -0.185. The summed E-state index contributed by atoms with van der Waals surface area (Å²) in [7, 11) is 0. The van der Waals surface area contributed by atoms with Crippen molar-refractivity contribution in [2.24, 2.45) is 0 Å². The van der Waals surface area contributed by atoms with Gasteiger partial charge in [-0.1, -0.05) is 0 Å². The molecule has 1 aliphatic rings. The molecule has 70 valence electrons. The van der Waals surface area contributed by atoms with Gasteiger partial charge < -0.3 is 25.5 Å². The van der Waals surface area contributed by atoms with Gasteiger partial charge in [-0.2, -0.15) is 0 Å². The average Bonchev–Trinajstić information content (AvgIpc) is 2.08. The van der Waals surface area contributed by atoms with Crippen molar-refractivity contribution >= 4 is 5.78 Å². The summed E-state index contributed by atoms with van der Waals surface area (Å²) in [6.07, 6.45) is -8.85. The van der Waals surface area contributed by atoms with Crippen LogP contribution in [0.25, 0.3) is 0 Å². The summed E-state index contributed by atoms with van der Waals surface area (Å²) in [5, 5.41) is 44.5. The van der Waals surface area contributed by atoms with Gasteiger partial charge in [0.15, 0.2) is 5.78 Å². The van der Waals surface area contributed by atoms with Crippen LogP contribution < -0.4 is 0 Å². The lowest BCUT2D eigenvalue weighted by Crippen LogP contribution is -2.61. The smallest absolute Gasteiger partial charge is 0.195 e. The summed E-state index contributed by atoms with van der Waals surface area (Å²) in [5.41, 5.74) is 0. The van der Waals surface area contributed by atoms with Crippen molar-refractivity contribution < 1.29 is 30.3 Å². The van der Waals surface area contributed by atoms with Crippen molar-refractivity contribution in [3.8, 4) is 0 Å². The first kappa shape index (κ1) is 9.56. The maximum Gasteiger partial charge on any atom is 0.195 e. The monoisotopic (exact) mass is 178 g/mol. The molecule has 0 aromatic rings. The Morgan fingerprint density at radius 1 is 0.750 bits per heavy atom. The number of aliphatic hydroxyl groups is 5. The van der Waals surface area contributed by atoms with E-state index in [4.69, 9.17) is 25.5 Å². The Morgan fingerprint density at radius 2 is 1.08 bits per heavy atom. The molecule has 0 amide bonds. The van der Waals surface area contributed by atoms with Gasteiger partial charge in [0.05, 0.1) is 0 Å². The molecule has 5 N–H and O–H groups in total. The molecule has 2 unspecified atom stereocenters. The summed E-state index contributed by atoms with van der Waals surface area (Å²) in [6, 6.07) is 0.